The minimum Gasteiger partial charge on any atom is -0.364 e. The first-order valence-electron chi connectivity index (χ1n) is 12.6. The maximum Gasteiger partial charge on any atom is 0.168 e. The van der Waals surface area contributed by atoms with E-state index >= 15 is 0 Å². The molecule has 0 bridgehead atoms. The molecule has 5 rings (SSSR count). The lowest BCUT2D eigenvalue weighted by atomic mass is 10.00. The van der Waals surface area contributed by atoms with E-state index in [0.29, 0.717) is 5.56 Å². The van der Waals surface area contributed by atoms with E-state index in [9.17, 15) is 4.79 Å². The van der Waals surface area contributed by atoms with Gasteiger partial charge in [-0.3, -0.25) is 19.7 Å². The monoisotopic (exact) mass is 492 g/mol. The van der Waals surface area contributed by atoms with E-state index in [0.717, 1.165) is 58.7 Å². The molecule has 0 unspecified atom stereocenters. The molecular formula is C30H32N6O. The number of Topliss-reactive ketones (excluding diaryl/α,β-unsaturated/α-hetero) is 1. The molecule has 0 atom stereocenters. The van der Waals surface area contributed by atoms with Gasteiger partial charge in [0.2, 0.25) is 0 Å². The van der Waals surface area contributed by atoms with Crippen molar-refractivity contribution in [2.45, 2.75) is 39.2 Å². The number of likely N-dealkylation sites (N-methyl/N-ethyl adjacent to an activating group) is 1. The van der Waals surface area contributed by atoms with Gasteiger partial charge in [0.25, 0.3) is 0 Å². The number of carbonyl (C=O) groups excluding carboxylic acids is 1. The molecule has 3 aromatic heterocycles. The summed E-state index contributed by atoms with van der Waals surface area (Å²) in [6.45, 7) is 8.17. The summed E-state index contributed by atoms with van der Waals surface area (Å²) in [5.41, 5.74) is 5.14. The minimum absolute atomic E-state index is 0.0343. The molecule has 0 saturated heterocycles. The standard InChI is InChI=1S/C30H32N6O/c1-30(2,3)35-29-19-31-18-27(34-29)21-5-6-23-17-33-25(14-24(23)13-21)16-28(37)22-7-10-32-26(15-22)20-8-11-36(4)12-9-20/h5-8,10,13-15,17-19H,9,11-12,16H2,1-4H3,(H,34,35). The Morgan fingerprint density at radius 1 is 1.00 bits per heavy atom. The van der Waals surface area contributed by atoms with Crippen LogP contribution in [0.3, 0.4) is 0 Å². The SMILES string of the molecule is CN1CC=C(c2cc(C(=O)Cc3cc4cc(-c5cncc(NC(C)(C)C)n5)ccc4cn3)ccn2)CC1. The van der Waals surface area contributed by atoms with Crippen LogP contribution in [0.4, 0.5) is 5.82 Å². The molecule has 7 nitrogen and oxygen atoms in total. The molecule has 0 radical (unpaired) electrons. The summed E-state index contributed by atoms with van der Waals surface area (Å²) in [5, 5.41) is 5.39. The highest BCUT2D eigenvalue weighted by atomic mass is 16.1. The number of benzene rings is 1. The fraction of sp³-hybridized carbons (Fsp3) is 0.300. The summed E-state index contributed by atoms with van der Waals surface area (Å²) in [5.74, 6) is 0.769. The predicted octanol–water partition coefficient (Wildman–Crippen LogP) is 5.44. The van der Waals surface area contributed by atoms with Gasteiger partial charge in [-0.05, 0) is 69.5 Å². The third-order valence-corrected chi connectivity index (χ3v) is 6.38. The molecule has 0 aliphatic carbocycles. The Hall–Kier alpha value is -3.97. The largest absolute Gasteiger partial charge is 0.364 e. The molecular weight excluding hydrogens is 460 g/mol. The Bertz CT molecular complexity index is 1490. The average Bonchev–Trinajstić information content (AvgIpc) is 2.88. The van der Waals surface area contributed by atoms with Gasteiger partial charge in [-0.2, -0.15) is 0 Å². The molecule has 4 heterocycles. The fourth-order valence-electron chi connectivity index (χ4n) is 4.44. The van der Waals surface area contributed by atoms with Crippen molar-refractivity contribution in [3.8, 4) is 11.3 Å². The minimum atomic E-state index is -0.108. The van der Waals surface area contributed by atoms with Crippen LogP contribution in [0.15, 0.2) is 67.3 Å². The highest BCUT2D eigenvalue weighted by Crippen LogP contribution is 2.25. The molecule has 0 fully saturated rings. The molecule has 188 valence electrons. The maximum absolute atomic E-state index is 13.2. The molecule has 1 aliphatic rings. The number of hydrogen-bond donors (Lipinski definition) is 1. The average molecular weight is 493 g/mol. The molecule has 4 aromatic rings. The van der Waals surface area contributed by atoms with Gasteiger partial charge in [0.05, 0.1) is 30.2 Å². The van der Waals surface area contributed by atoms with Gasteiger partial charge in [0, 0.05) is 53.2 Å². The lowest BCUT2D eigenvalue weighted by Crippen LogP contribution is -2.26. The first-order chi connectivity index (χ1) is 17.7. The van der Waals surface area contributed by atoms with Crippen molar-refractivity contribution in [1.82, 2.24) is 24.8 Å². The van der Waals surface area contributed by atoms with Gasteiger partial charge in [-0.15, -0.1) is 0 Å². The maximum atomic E-state index is 13.2. The van der Waals surface area contributed by atoms with Crippen LogP contribution in [0, 0.1) is 0 Å². The normalized spacial score (nSPS) is 14.4. The van der Waals surface area contributed by atoms with Gasteiger partial charge in [0.15, 0.2) is 5.78 Å². The van der Waals surface area contributed by atoms with Crippen LogP contribution < -0.4 is 5.32 Å². The van der Waals surface area contributed by atoms with E-state index in [-0.39, 0.29) is 17.7 Å². The van der Waals surface area contributed by atoms with Gasteiger partial charge >= 0.3 is 0 Å². The number of nitrogens with zero attached hydrogens (tertiary/aromatic N) is 5. The van der Waals surface area contributed by atoms with Crippen LogP contribution in [-0.4, -0.2) is 56.3 Å². The van der Waals surface area contributed by atoms with Crippen LogP contribution in [0.1, 0.15) is 48.9 Å². The summed E-state index contributed by atoms with van der Waals surface area (Å²) >= 11 is 0. The number of fused-ring (bicyclic) bond motifs is 1. The van der Waals surface area contributed by atoms with Crippen molar-refractivity contribution in [3.63, 3.8) is 0 Å². The summed E-state index contributed by atoms with van der Waals surface area (Å²) in [4.78, 5) is 33.6. The highest BCUT2D eigenvalue weighted by molar-refractivity contribution is 5.98. The zero-order valence-electron chi connectivity index (χ0n) is 21.8. The van der Waals surface area contributed by atoms with Gasteiger partial charge < -0.3 is 10.2 Å². The van der Waals surface area contributed by atoms with E-state index in [1.165, 1.54) is 5.57 Å². The molecule has 1 aromatic carbocycles. The third kappa shape index (κ3) is 6.06. The van der Waals surface area contributed by atoms with Crippen molar-refractivity contribution in [1.29, 1.82) is 0 Å². The number of anilines is 1. The number of rotatable bonds is 6. The van der Waals surface area contributed by atoms with E-state index in [1.54, 1.807) is 24.7 Å². The van der Waals surface area contributed by atoms with Crippen LogP contribution in [0.2, 0.25) is 0 Å². The lowest BCUT2D eigenvalue weighted by molar-refractivity contribution is 0.0992. The second-order valence-electron chi connectivity index (χ2n) is 10.7. The summed E-state index contributed by atoms with van der Waals surface area (Å²) in [6.07, 6.45) is 10.4. The van der Waals surface area contributed by atoms with E-state index in [1.807, 2.05) is 30.5 Å². The Morgan fingerprint density at radius 3 is 2.65 bits per heavy atom. The van der Waals surface area contributed by atoms with E-state index in [4.69, 9.17) is 4.98 Å². The fourth-order valence-corrected chi connectivity index (χ4v) is 4.44. The summed E-state index contributed by atoms with van der Waals surface area (Å²) in [6, 6.07) is 11.8. The predicted molar refractivity (Wildman–Crippen MR) is 149 cm³/mol. The highest BCUT2D eigenvalue weighted by Gasteiger charge is 2.15. The number of nitrogens with one attached hydrogen (secondary N) is 1. The first kappa shape index (κ1) is 24.7. The summed E-state index contributed by atoms with van der Waals surface area (Å²) in [7, 11) is 2.11. The number of pyridine rings is 2. The molecule has 1 aliphatic heterocycles. The number of carbonyl (C=O) groups is 1. The van der Waals surface area contributed by atoms with E-state index in [2.05, 4.69) is 65.1 Å². The van der Waals surface area contributed by atoms with Gasteiger partial charge in [0.1, 0.15) is 5.82 Å². The number of aromatic nitrogens is 4. The van der Waals surface area contributed by atoms with Crippen LogP contribution in [0.5, 0.6) is 0 Å². The third-order valence-electron chi connectivity index (χ3n) is 6.38. The van der Waals surface area contributed by atoms with Crippen molar-refractivity contribution < 1.29 is 4.79 Å². The van der Waals surface area contributed by atoms with Crippen molar-refractivity contribution in [2.75, 3.05) is 25.5 Å². The molecule has 7 heteroatoms. The topological polar surface area (TPSA) is 83.9 Å². The van der Waals surface area contributed by atoms with Gasteiger partial charge in [-0.1, -0.05) is 18.2 Å². The molecule has 0 saturated carbocycles. The molecule has 0 spiro atoms. The lowest BCUT2D eigenvalue weighted by Gasteiger charge is -2.21. The van der Waals surface area contributed by atoms with Crippen molar-refractivity contribution in [3.05, 3.63) is 84.2 Å². The Morgan fingerprint density at radius 2 is 1.86 bits per heavy atom. The van der Waals surface area contributed by atoms with Crippen molar-refractivity contribution >= 4 is 27.9 Å². The zero-order chi connectivity index (χ0) is 26.0. The first-order valence-corrected chi connectivity index (χ1v) is 12.6. The molecule has 1 N–H and O–H groups in total. The quantitative estimate of drug-likeness (QED) is 0.359. The van der Waals surface area contributed by atoms with E-state index < -0.39 is 0 Å². The number of hydrogen-bond acceptors (Lipinski definition) is 7. The Kier molecular flexibility index (Phi) is 6.80. The number of ketones is 1. The second kappa shape index (κ2) is 10.2. The molecule has 37 heavy (non-hydrogen) atoms. The zero-order valence-corrected chi connectivity index (χ0v) is 21.8. The molecule has 0 amide bonds. The van der Waals surface area contributed by atoms with Crippen LogP contribution in [-0.2, 0) is 6.42 Å². The summed E-state index contributed by atoms with van der Waals surface area (Å²) < 4.78 is 0. The Balaban J connectivity index is 1.37. The van der Waals surface area contributed by atoms with Crippen LogP contribution >= 0.6 is 0 Å². The Labute approximate surface area is 217 Å². The second-order valence-corrected chi connectivity index (χ2v) is 10.7. The van der Waals surface area contributed by atoms with Crippen LogP contribution in [0.25, 0.3) is 27.6 Å². The smallest absolute Gasteiger partial charge is 0.168 e. The van der Waals surface area contributed by atoms with Crippen molar-refractivity contribution in [2.24, 2.45) is 0 Å². The van der Waals surface area contributed by atoms with Gasteiger partial charge in [-0.25, -0.2) is 4.98 Å².